The Morgan fingerprint density at radius 2 is 2.07 bits per heavy atom. The second-order valence-corrected chi connectivity index (χ2v) is 3.67. The van der Waals surface area contributed by atoms with Gasteiger partial charge in [-0.05, 0) is 20.4 Å². The maximum absolute atomic E-state index is 11.9. The highest BCUT2D eigenvalue weighted by Gasteiger charge is 2.40. The fourth-order valence-electron chi connectivity index (χ4n) is 1.82. The Balaban J connectivity index is 2.47. The highest BCUT2D eigenvalue weighted by Crippen LogP contribution is 2.27. The van der Waals surface area contributed by atoms with Gasteiger partial charge < -0.3 is 5.11 Å². The maximum Gasteiger partial charge on any atom is 0.522 e. The quantitative estimate of drug-likeness (QED) is 0.742. The van der Waals surface area contributed by atoms with Crippen molar-refractivity contribution in [1.82, 2.24) is 4.90 Å². The van der Waals surface area contributed by atoms with Crippen molar-refractivity contribution < 1.29 is 23.0 Å². The molecule has 14 heavy (non-hydrogen) atoms. The van der Waals surface area contributed by atoms with Crippen LogP contribution in [0, 0.1) is 0 Å². The molecule has 1 N–H and O–H groups in total. The van der Waals surface area contributed by atoms with Crippen molar-refractivity contribution in [3.8, 4) is 0 Å². The van der Waals surface area contributed by atoms with E-state index in [9.17, 15) is 18.3 Å². The van der Waals surface area contributed by atoms with Crippen molar-refractivity contribution in [2.75, 3.05) is 13.6 Å². The molecule has 1 unspecified atom stereocenters. The van der Waals surface area contributed by atoms with Crippen LogP contribution in [-0.2, 0) is 4.74 Å². The second kappa shape index (κ2) is 4.04. The third kappa shape index (κ3) is 3.11. The van der Waals surface area contributed by atoms with Gasteiger partial charge >= 0.3 is 6.36 Å². The average Bonchev–Trinajstić information content (AvgIpc) is 2.26. The molecular formula is C8H14F3NO2. The molecule has 0 radical (unpaired) electrons. The number of aliphatic hydroxyl groups is 1. The lowest BCUT2D eigenvalue weighted by Gasteiger charge is -2.21. The number of aliphatic hydroxyl groups excluding tert-OH is 1. The summed E-state index contributed by atoms with van der Waals surface area (Å²) in [6, 6.07) is -0.248. The fourth-order valence-corrected chi connectivity index (χ4v) is 1.82. The molecule has 1 fully saturated rings. The Morgan fingerprint density at radius 3 is 2.43 bits per heavy atom. The zero-order valence-electron chi connectivity index (χ0n) is 8.08. The van der Waals surface area contributed by atoms with Gasteiger partial charge in [-0.15, -0.1) is 13.2 Å². The first-order valence-corrected chi connectivity index (χ1v) is 4.42. The molecule has 6 heteroatoms. The summed E-state index contributed by atoms with van der Waals surface area (Å²) in [5.74, 6) is 0. The van der Waals surface area contributed by atoms with E-state index in [4.69, 9.17) is 0 Å². The summed E-state index contributed by atoms with van der Waals surface area (Å²) in [6.45, 7) is 1.77. The minimum absolute atomic E-state index is 0.203. The molecule has 0 bridgehead atoms. The van der Waals surface area contributed by atoms with Crippen LogP contribution in [0.5, 0.6) is 0 Å². The van der Waals surface area contributed by atoms with E-state index in [0.717, 1.165) is 0 Å². The van der Waals surface area contributed by atoms with Gasteiger partial charge in [0.15, 0.2) is 0 Å². The molecule has 1 heterocycles. The predicted octanol–water partition coefficient (Wildman–Crippen LogP) is 0.976. The van der Waals surface area contributed by atoms with Crippen molar-refractivity contribution in [3.05, 3.63) is 0 Å². The van der Waals surface area contributed by atoms with Crippen LogP contribution in [0.1, 0.15) is 13.3 Å². The fraction of sp³-hybridized carbons (Fsp3) is 1.00. The van der Waals surface area contributed by atoms with Crippen LogP contribution in [0.25, 0.3) is 0 Å². The van der Waals surface area contributed by atoms with Gasteiger partial charge in [0.05, 0.1) is 12.2 Å². The minimum atomic E-state index is -4.58. The zero-order chi connectivity index (χ0) is 10.9. The SMILES string of the molecule is CC(O)[C@@H]1C[C@@H](OC(F)(F)F)CN1C. The van der Waals surface area contributed by atoms with Gasteiger partial charge in [0.2, 0.25) is 0 Å². The number of likely N-dealkylation sites (tertiary alicyclic amines) is 1. The molecule has 0 aromatic heterocycles. The first kappa shape index (κ1) is 11.7. The summed E-state index contributed by atoms with van der Waals surface area (Å²) in [7, 11) is 1.68. The standard InChI is InChI=1S/C8H14F3NO2/c1-5(13)7-3-6(4-12(7)2)14-8(9,10)11/h5-7,13H,3-4H2,1-2H3/t5?,6-,7+/m1/s1. The van der Waals surface area contributed by atoms with Crippen LogP contribution in [0.2, 0.25) is 0 Å². The predicted molar refractivity (Wildman–Crippen MR) is 43.6 cm³/mol. The Morgan fingerprint density at radius 1 is 1.50 bits per heavy atom. The number of hydrogen-bond acceptors (Lipinski definition) is 3. The molecule has 0 spiro atoms. The Bertz CT molecular complexity index is 196. The number of rotatable bonds is 2. The van der Waals surface area contributed by atoms with E-state index >= 15 is 0 Å². The van der Waals surface area contributed by atoms with Crippen molar-refractivity contribution >= 4 is 0 Å². The summed E-state index contributed by atoms with van der Waals surface area (Å²) >= 11 is 0. The van der Waals surface area contributed by atoms with Gasteiger partial charge in [0, 0.05) is 12.6 Å². The summed E-state index contributed by atoms with van der Waals surface area (Å²) in [6.07, 6.45) is -5.87. The smallest absolute Gasteiger partial charge is 0.392 e. The molecule has 0 aliphatic carbocycles. The number of nitrogens with zero attached hydrogens (tertiary/aromatic N) is 1. The van der Waals surface area contributed by atoms with Gasteiger partial charge in [-0.25, -0.2) is 0 Å². The van der Waals surface area contributed by atoms with E-state index in [-0.39, 0.29) is 19.0 Å². The Kier molecular flexibility index (Phi) is 3.39. The summed E-state index contributed by atoms with van der Waals surface area (Å²) < 4.78 is 39.5. The number of ether oxygens (including phenoxy) is 1. The molecule has 1 rings (SSSR count). The van der Waals surface area contributed by atoms with Crippen molar-refractivity contribution in [2.24, 2.45) is 0 Å². The van der Waals surface area contributed by atoms with Crippen molar-refractivity contribution in [3.63, 3.8) is 0 Å². The lowest BCUT2D eigenvalue weighted by Crippen LogP contribution is -2.34. The van der Waals surface area contributed by atoms with E-state index < -0.39 is 18.6 Å². The maximum atomic E-state index is 11.9. The number of hydrogen-bond donors (Lipinski definition) is 1. The molecular weight excluding hydrogens is 199 g/mol. The lowest BCUT2D eigenvalue weighted by atomic mass is 10.1. The molecule has 0 aromatic rings. The Labute approximate surface area is 80.5 Å². The van der Waals surface area contributed by atoms with Gasteiger partial charge in [0.1, 0.15) is 0 Å². The Hall–Kier alpha value is -0.330. The number of likely N-dealkylation sites (N-methyl/N-ethyl adjacent to an activating group) is 1. The van der Waals surface area contributed by atoms with Gasteiger partial charge in [-0.3, -0.25) is 9.64 Å². The van der Waals surface area contributed by atoms with Gasteiger partial charge in [-0.1, -0.05) is 0 Å². The second-order valence-electron chi connectivity index (χ2n) is 3.67. The molecule has 0 saturated carbocycles. The molecule has 0 aromatic carbocycles. The van der Waals surface area contributed by atoms with Crippen LogP contribution in [0.4, 0.5) is 13.2 Å². The molecule has 84 valence electrons. The monoisotopic (exact) mass is 213 g/mol. The van der Waals surface area contributed by atoms with Crippen molar-refractivity contribution in [2.45, 2.75) is 38.0 Å². The zero-order valence-corrected chi connectivity index (χ0v) is 8.08. The summed E-state index contributed by atoms with van der Waals surface area (Å²) in [5, 5.41) is 9.26. The third-order valence-electron chi connectivity index (χ3n) is 2.42. The number of alkyl halides is 3. The van der Waals surface area contributed by atoms with E-state index in [1.807, 2.05) is 0 Å². The van der Waals surface area contributed by atoms with Crippen LogP contribution >= 0.6 is 0 Å². The first-order valence-electron chi connectivity index (χ1n) is 4.42. The van der Waals surface area contributed by atoms with E-state index in [1.54, 1.807) is 18.9 Å². The van der Waals surface area contributed by atoms with Crippen LogP contribution in [-0.4, -0.2) is 48.2 Å². The third-order valence-corrected chi connectivity index (χ3v) is 2.42. The topological polar surface area (TPSA) is 32.7 Å². The van der Waals surface area contributed by atoms with Crippen LogP contribution in [0.15, 0.2) is 0 Å². The normalized spacial score (nSPS) is 32.1. The van der Waals surface area contributed by atoms with Gasteiger partial charge in [0.25, 0.3) is 0 Å². The van der Waals surface area contributed by atoms with Crippen molar-refractivity contribution in [1.29, 1.82) is 0 Å². The highest BCUT2D eigenvalue weighted by atomic mass is 19.4. The van der Waals surface area contributed by atoms with E-state index in [1.165, 1.54) is 0 Å². The lowest BCUT2D eigenvalue weighted by molar-refractivity contribution is -0.340. The molecule has 3 atom stereocenters. The molecule has 3 nitrogen and oxygen atoms in total. The van der Waals surface area contributed by atoms with Crippen LogP contribution < -0.4 is 0 Å². The largest absolute Gasteiger partial charge is 0.522 e. The molecule has 1 aliphatic heterocycles. The van der Waals surface area contributed by atoms with Crippen LogP contribution in [0.3, 0.4) is 0 Å². The average molecular weight is 213 g/mol. The minimum Gasteiger partial charge on any atom is -0.392 e. The molecule has 1 aliphatic rings. The van der Waals surface area contributed by atoms with E-state index in [2.05, 4.69) is 4.74 Å². The summed E-state index contributed by atoms with van der Waals surface area (Å²) in [5.41, 5.74) is 0. The highest BCUT2D eigenvalue weighted by molar-refractivity contribution is 4.87. The first-order chi connectivity index (χ1) is 6.29. The van der Waals surface area contributed by atoms with Gasteiger partial charge in [-0.2, -0.15) is 0 Å². The molecule has 0 amide bonds. The summed E-state index contributed by atoms with van der Waals surface area (Å²) in [4.78, 5) is 1.68. The van der Waals surface area contributed by atoms with E-state index in [0.29, 0.717) is 0 Å². The number of halogens is 3. The molecule has 1 saturated heterocycles.